The first-order valence-corrected chi connectivity index (χ1v) is 9.80. The number of aromatic nitrogens is 2. The summed E-state index contributed by atoms with van der Waals surface area (Å²) in [5.41, 5.74) is 0.729. The largest absolute Gasteiger partial charge is 0.338 e. The van der Waals surface area contributed by atoms with Crippen molar-refractivity contribution in [2.45, 2.75) is 18.4 Å². The zero-order valence-electron chi connectivity index (χ0n) is 14.9. The second-order valence-corrected chi connectivity index (χ2v) is 8.47. The Labute approximate surface area is 165 Å². The van der Waals surface area contributed by atoms with Crippen LogP contribution in [0.2, 0.25) is 5.02 Å². The zero-order chi connectivity index (χ0) is 20.5. The summed E-state index contributed by atoms with van der Waals surface area (Å²) in [5, 5.41) is 15.4. The minimum absolute atomic E-state index is 0.0719. The molecule has 1 aromatic heterocycles. The molecule has 0 aliphatic rings. The van der Waals surface area contributed by atoms with Gasteiger partial charge < -0.3 is 4.52 Å². The van der Waals surface area contributed by atoms with Crippen molar-refractivity contribution in [3.63, 3.8) is 0 Å². The molecule has 146 valence electrons. The lowest BCUT2D eigenvalue weighted by Gasteiger charge is -2.15. The molecule has 0 aliphatic carbocycles. The van der Waals surface area contributed by atoms with E-state index in [1.807, 2.05) is 0 Å². The van der Waals surface area contributed by atoms with Gasteiger partial charge in [-0.2, -0.15) is 9.29 Å². The number of sulfonamides is 1. The maximum absolute atomic E-state index is 12.7. The van der Waals surface area contributed by atoms with Gasteiger partial charge in [0.15, 0.2) is 0 Å². The van der Waals surface area contributed by atoms with Crippen molar-refractivity contribution in [2.24, 2.45) is 0 Å². The highest BCUT2D eigenvalue weighted by Gasteiger charge is 2.26. The molecule has 0 atom stereocenters. The van der Waals surface area contributed by atoms with Gasteiger partial charge in [0.05, 0.1) is 16.4 Å². The Morgan fingerprint density at radius 3 is 2.68 bits per heavy atom. The van der Waals surface area contributed by atoms with Crippen LogP contribution in [0.15, 0.2) is 51.9 Å². The quantitative estimate of drug-likeness (QED) is 0.440. The van der Waals surface area contributed by atoms with E-state index in [1.54, 1.807) is 24.3 Å². The van der Waals surface area contributed by atoms with E-state index in [9.17, 15) is 18.5 Å². The lowest BCUT2D eigenvalue weighted by Crippen LogP contribution is -2.26. The van der Waals surface area contributed by atoms with Gasteiger partial charge in [0.25, 0.3) is 5.69 Å². The molecule has 0 bridgehead atoms. The van der Waals surface area contributed by atoms with Crippen molar-refractivity contribution in [1.82, 2.24) is 14.4 Å². The predicted octanol–water partition coefficient (Wildman–Crippen LogP) is 3.43. The Morgan fingerprint density at radius 2 is 2.00 bits per heavy atom. The molecule has 0 radical (unpaired) electrons. The number of aryl methyl sites for hydroxylation is 1. The van der Waals surface area contributed by atoms with Gasteiger partial charge in [-0.1, -0.05) is 35.0 Å². The van der Waals surface area contributed by atoms with E-state index in [4.69, 9.17) is 16.1 Å². The van der Waals surface area contributed by atoms with Gasteiger partial charge in [0.1, 0.15) is 0 Å². The average Bonchev–Trinajstić information content (AvgIpc) is 3.10. The summed E-state index contributed by atoms with van der Waals surface area (Å²) in [6.45, 7) is 1.34. The summed E-state index contributed by atoms with van der Waals surface area (Å²) in [5.74, 6) is 0.344. The van der Waals surface area contributed by atoms with Crippen molar-refractivity contribution >= 4 is 27.3 Å². The number of halogens is 1. The number of nitrogens with zero attached hydrogens (tertiary/aromatic N) is 4. The highest BCUT2D eigenvalue weighted by molar-refractivity contribution is 7.89. The average molecular weight is 423 g/mol. The molecule has 0 spiro atoms. The van der Waals surface area contributed by atoms with Crippen LogP contribution in [0.5, 0.6) is 0 Å². The molecule has 9 nitrogen and oxygen atoms in total. The smallest absolute Gasteiger partial charge is 0.273 e. The minimum atomic E-state index is -3.99. The maximum Gasteiger partial charge on any atom is 0.273 e. The van der Waals surface area contributed by atoms with E-state index in [-0.39, 0.29) is 28.8 Å². The molecule has 0 saturated carbocycles. The van der Waals surface area contributed by atoms with E-state index in [0.717, 1.165) is 10.4 Å². The Hall–Kier alpha value is -2.82. The predicted molar refractivity (Wildman–Crippen MR) is 101 cm³/mol. The summed E-state index contributed by atoms with van der Waals surface area (Å²) in [7, 11) is -2.67. The van der Waals surface area contributed by atoms with Gasteiger partial charge in [-0.05, 0) is 25.1 Å². The fourth-order valence-corrected chi connectivity index (χ4v) is 3.80. The molecule has 3 rings (SSSR count). The fourth-order valence-electron chi connectivity index (χ4n) is 2.47. The number of hydrogen-bond acceptors (Lipinski definition) is 7. The van der Waals surface area contributed by atoms with Gasteiger partial charge in [0, 0.05) is 29.3 Å². The van der Waals surface area contributed by atoms with Gasteiger partial charge in [-0.3, -0.25) is 10.1 Å². The van der Waals surface area contributed by atoms with Crippen molar-refractivity contribution in [3.05, 3.63) is 69.1 Å². The summed E-state index contributed by atoms with van der Waals surface area (Å²) in [6, 6.07) is 10.6. The molecular formula is C17H15ClN4O5S. The first kappa shape index (κ1) is 19.9. The van der Waals surface area contributed by atoms with Gasteiger partial charge in [-0.25, -0.2) is 8.42 Å². The molecule has 0 unspecified atom stereocenters. The SMILES string of the molecule is Cc1ccc(S(=O)(=O)N(C)Cc2nc(-c3cccc(Cl)c3)no2)cc1[N+](=O)[O-]. The lowest BCUT2D eigenvalue weighted by atomic mass is 10.2. The third-order valence-corrected chi connectivity index (χ3v) is 6.03. The van der Waals surface area contributed by atoms with Crippen molar-refractivity contribution in [3.8, 4) is 11.4 Å². The third-order valence-electron chi connectivity index (χ3n) is 3.99. The van der Waals surface area contributed by atoms with Gasteiger partial charge >= 0.3 is 0 Å². The van der Waals surface area contributed by atoms with Crippen molar-refractivity contribution in [2.75, 3.05) is 7.05 Å². The standard InChI is InChI=1S/C17H15ClN4O5S/c1-11-6-7-14(9-15(11)22(23)24)28(25,26)21(2)10-16-19-17(20-27-16)12-4-3-5-13(18)8-12/h3-9H,10H2,1-2H3. The Bertz CT molecular complexity index is 1150. The normalized spacial score (nSPS) is 11.7. The molecule has 2 aromatic carbocycles. The number of hydrogen-bond donors (Lipinski definition) is 0. The highest BCUT2D eigenvalue weighted by atomic mass is 35.5. The minimum Gasteiger partial charge on any atom is -0.338 e. The first-order valence-electron chi connectivity index (χ1n) is 7.98. The Morgan fingerprint density at radius 1 is 1.25 bits per heavy atom. The first-order chi connectivity index (χ1) is 13.2. The van der Waals surface area contributed by atoms with Crippen LogP contribution in [0.1, 0.15) is 11.5 Å². The zero-order valence-corrected chi connectivity index (χ0v) is 16.4. The van der Waals surface area contributed by atoms with Crippen LogP contribution in [0.4, 0.5) is 5.69 Å². The topological polar surface area (TPSA) is 119 Å². The second kappa shape index (κ2) is 7.66. The molecule has 11 heteroatoms. The second-order valence-electron chi connectivity index (χ2n) is 5.99. The summed E-state index contributed by atoms with van der Waals surface area (Å²) in [4.78, 5) is 14.4. The fraction of sp³-hybridized carbons (Fsp3) is 0.176. The molecule has 28 heavy (non-hydrogen) atoms. The van der Waals surface area contributed by atoms with E-state index in [0.29, 0.717) is 16.1 Å². The van der Waals surface area contributed by atoms with Gasteiger partial charge in [0.2, 0.25) is 21.7 Å². The summed E-state index contributed by atoms with van der Waals surface area (Å²) in [6.07, 6.45) is 0. The molecule has 1 heterocycles. The van der Waals surface area contributed by atoms with Crippen LogP contribution in [0.3, 0.4) is 0 Å². The number of benzene rings is 2. The summed E-state index contributed by atoms with van der Waals surface area (Å²) >= 11 is 5.94. The summed E-state index contributed by atoms with van der Waals surface area (Å²) < 4.78 is 31.6. The third kappa shape index (κ3) is 4.03. The molecule has 0 saturated heterocycles. The molecule has 0 amide bonds. The van der Waals surface area contributed by atoms with Crippen LogP contribution >= 0.6 is 11.6 Å². The van der Waals surface area contributed by atoms with Crippen LogP contribution in [0.25, 0.3) is 11.4 Å². The Balaban J connectivity index is 1.84. The van der Waals surface area contributed by atoms with Crippen molar-refractivity contribution < 1.29 is 17.9 Å². The molecule has 0 fully saturated rings. The van der Waals surface area contributed by atoms with E-state index >= 15 is 0 Å². The maximum atomic E-state index is 12.7. The monoisotopic (exact) mass is 422 g/mol. The van der Waals surface area contributed by atoms with E-state index in [1.165, 1.54) is 26.1 Å². The van der Waals surface area contributed by atoms with E-state index in [2.05, 4.69) is 10.1 Å². The molecule has 3 aromatic rings. The van der Waals surface area contributed by atoms with E-state index < -0.39 is 14.9 Å². The number of rotatable bonds is 6. The van der Waals surface area contributed by atoms with Gasteiger partial charge in [-0.15, -0.1) is 0 Å². The Kier molecular flexibility index (Phi) is 5.45. The molecule has 0 N–H and O–H groups in total. The molecular weight excluding hydrogens is 408 g/mol. The number of nitro groups is 1. The lowest BCUT2D eigenvalue weighted by molar-refractivity contribution is -0.385. The highest BCUT2D eigenvalue weighted by Crippen LogP contribution is 2.25. The van der Waals surface area contributed by atoms with Crippen LogP contribution < -0.4 is 0 Å². The van der Waals surface area contributed by atoms with Crippen LogP contribution in [-0.2, 0) is 16.6 Å². The van der Waals surface area contributed by atoms with Crippen LogP contribution in [-0.4, -0.2) is 34.8 Å². The van der Waals surface area contributed by atoms with Crippen molar-refractivity contribution in [1.29, 1.82) is 0 Å². The number of nitro benzene ring substituents is 1. The van der Waals surface area contributed by atoms with Crippen LogP contribution in [0, 0.1) is 17.0 Å². The molecule has 0 aliphatic heterocycles.